The van der Waals surface area contributed by atoms with Gasteiger partial charge in [-0.25, -0.2) is 4.98 Å². The first-order chi connectivity index (χ1) is 11.1. The number of aryl methyl sites for hydroxylation is 4. The summed E-state index contributed by atoms with van der Waals surface area (Å²) in [6.07, 6.45) is 0. The Morgan fingerprint density at radius 3 is 1.88 bits per heavy atom. The third-order valence-electron chi connectivity index (χ3n) is 4.73. The molecular formula is C23H27N. The summed E-state index contributed by atoms with van der Waals surface area (Å²) in [7, 11) is 0. The van der Waals surface area contributed by atoms with Crippen LogP contribution in [-0.4, -0.2) is 4.98 Å². The van der Waals surface area contributed by atoms with Crippen LogP contribution in [0.4, 0.5) is 0 Å². The van der Waals surface area contributed by atoms with Gasteiger partial charge in [-0.15, -0.1) is 0 Å². The number of hydrogen-bond donors (Lipinski definition) is 0. The zero-order chi connectivity index (χ0) is 17.6. The highest BCUT2D eigenvalue weighted by Crippen LogP contribution is 2.35. The lowest BCUT2D eigenvalue weighted by atomic mass is 9.83. The van der Waals surface area contributed by atoms with Gasteiger partial charge in [0.25, 0.3) is 0 Å². The molecule has 3 aromatic rings. The monoisotopic (exact) mass is 317 g/mol. The maximum Gasteiger partial charge on any atom is 0.0747 e. The van der Waals surface area contributed by atoms with Gasteiger partial charge in [-0.1, -0.05) is 38.0 Å². The van der Waals surface area contributed by atoms with Crippen LogP contribution in [0.15, 0.2) is 36.4 Å². The van der Waals surface area contributed by atoms with Crippen molar-refractivity contribution in [2.75, 3.05) is 0 Å². The molecule has 0 unspecified atom stereocenters. The summed E-state index contributed by atoms with van der Waals surface area (Å²) in [5.41, 5.74) is 9.96. The van der Waals surface area contributed by atoms with Gasteiger partial charge in [0, 0.05) is 10.9 Å². The normalized spacial score (nSPS) is 12.0. The SMILES string of the molecule is Cc1cc(C)cc(-c2nc3cc(C)c(C)cc3cc2C(C)(C)C)c1. The Balaban J connectivity index is 2.37. The minimum atomic E-state index is 0.0486. The lowest BCUT2D eigenvalue weighted by molar-refractivity contribution is 0.591. The number of rotatable bonds is 1. The summed E-state index contributed by atoms with van der Waals surface area (Å²) >= 11 is 0. The van der Waals surface area contributed by atoms with E-state index in [9.17, 15) is 0 Å². The number of hydrogen-bond acceptors (Lipinski definition) is 1. The van der Waals surface area contributed by atoms with E-state index in [1.807, 2.05) is 0 Å². The van der Waals surface area contributed by atoms with Crippen LogP contribution in [-0.2, 0) is 5.41 Å². The average molecular weight is 317 g/mol. The fourth-order valence-electron chi connectivity index (χ4n) is 3.34. The summed E-state index contributed by atoms with van der Waals surface area (Å²) in [5, 5.41) is 1.23. The molecule has 0 saturated carbocycles. The third-order valence-corrected chi connectivity index (χ3v) is 4.73. The smallest absolute Gasteiger partial charge is 0.0747 e. The number of pyridine rings is 1. The fourth-order valence-corrected chi connectivity index (χ4v) is 3.34. The van der Waals surface area contributed by atoms with Crippen molar-refractivity contribution in [2.45, 2.75) is 53.9 Å². The van der Waals surface area contributed by atoms with Gasteiger partial charge in [0.2, 0.25) is 0 Å². The summed E-state index contributed by atoms with van der Waals surface area (Å²) in [6, 6.07) is 13.5. The average Bonchev–Trinajstić information content (AvgIpc) is 2.45. The van der Waals surface area contributed by atoms with Crippen LogP contribution < -0.4 is 0 Å². The van der Waals surface area contributed by atoms with Gasteiger partial charge in [-0.05, 0) is 80.1 Å². The first kappa shape index (κ1) is 16.7. The molecule has 0 aliphatic carbocycles. The van der Waals surface area contributed by atoms with Crippen molar-refractivity contribution in [3.8, 4) is 11.3 Å². The van der Waals surface area contributed by atoms with E-state index in [0.717, 1.165) is 11.2 Å². The molecular weight excluding hydrogens is 290 g/mol. The van der Waals surface area contributed by atoms with Gasteiger partial charge >= 0.3 is 0 Å². The van der Waals surface area contributed by atoms with Gasteiger partial charge in [0.1, 0.15) is 0 Å². The Morgan fingerprint density at radius 1 is 0.708 bits per heavy atom. The second-order valence-electron chi connectivity index (χ2n) is 8.14. The quantitative estimate of drug-likeness (QED) is 0.503. The first-order valence-electron chi connectivity index (χ1n) is 8.66. The van der Waals surface area contributed by atoms with Crippen molar-refractivity contribution in [2.24, 2.45) is 0 Å². The molecule has 0 aliphatic heterocycles. The number of nitrogens with zero attached hydrogens (tertiary/aromatic N) is 1. The van der Waals surface area contributed by atoms with Crippen LogP contribution in [0.25, 0.3) is 22.2 Å². The zero-order valence-corrected chi connectivity index (χ0v) is 15.9. The Hall–Kier alpha value is -2.15. The molecule has 1 aromatic heterocycles. The Labute approximate surface area is 145 Å². The number of aromatic nitrogens is 1. The summed E-state index contributed by atoms with van der Waals surface area (Å²) < 4.78 is 0. The Bertz CT molecular complexity index is 907. The van der Waals surface area contributed by atoms with Gasteiger partial charge in [0.05, 0.1) is 11.2 Å². The molecule has 0 atom stereocenters. The maximum absolute atomic E-state index is 5.10. The predicted molar refractivity (Wildman–Crippen MR) is 105 cm³/mol. The molecule has 1 heteroatoms. The lowest BCUT2D eigenvalue weighted by Crippen LogP contribution is -2.14. The highest BCUT2D eigenvalue weighted by Gasteiger charge is 2.21. The van der Waals surface area contributed by atoms with Crippen LogP contribution in [0.5, 0.6) is 0 Å². The van der Waals surface area contributed by atoms with Crippen LogP contribution in [0, 0.1) is 27.7 Å². The van der Waals surface area contributed by atoms with E-state index in [-0.39, 0.29) is 5.41 Å². The molecule has 0 aliphatic rings. The molecule has 3 rings (SSSR count). The van der Waals surface area contributed by atoms with Crippen LogP contribution in [0.1, 0.15) is 48.6 Å². The summed E-state index contributed by atoms with van der Waals surface area (Å²) in [6.45, 7) is 15.4. The topological polar surface area (TPSA) is 12.9 Å². The molecule has 0 saturated heterocycles. The second kappa shape index (κ2) is 5.73. The Morgan fingerprint density at radius 2 is 1.29 bits per heavy atom. The van der Waals surface area contributed by atoms with E-state index >= 15 is 0 Å². The molecule has 0 N–H and O–H groups in total. The minimum Gasteiger partial charge on any atom is -0.247 e. The first-order valence-corrected chi connectivity index (χ1v) is 8.66. The molecule has 24 heavy (non-hydrogen) atoms. The van der Waals surface area contributed by atoms with Crippen molar-refractivity contribution >= 4 is 10.9 Å². The zero-order valence-electron chi connectivity index (χ0n) is 15.9. The van der Waals surface area contributed by atoms with Crippen molar-refractivity contribution < 1.29 is 0 Å². The van der Waals surface area contributed by atoms with Gasteiger partial charge in [-0.2, -0.15) is 0 Å². The summed E-state index contributed by atoms with van der Waals surface area (Å²) in [5.74, 6) is 0. The number of fused-ring (bicyclic) bond motifs is 1. The van der Waals surface area contributed by atoms with Gasteiger partial charge < -0.3 is 0 Å². The molecule has 0 amide bonds. The maximum atomic E-state index is 5.10. The van der Waals surface area contributed by atoms with E-state index in [2.05, 4.69) is 84.9 Å². The van der Waals surface area contributed by atoms with Crippen molar-refractivity contribution in [1.29, 1.82) is 0 Å². The van der Waals surface area contributed by atoms with E-state index in [1.54, 1.807) is 0 Å². The molecule has 0 spiro atoms. The van der Waals surface area contributed by atoms with E-state index in [0.29, 0.717) is 0 Å². The largest absolute Gasteiger partial charge is 0.247 e. The fraction of sp³-hybridized carbons (Fsp3) is 0.348. The minimum absolute atomic E-state index is 0.0486. The van der Waals surface area contributed by atoms with Crippen LogP contribution >= 0.6 is 0 Å². The molecule has 1 heterocycles. The molecule has 0 radical (unpaired) electrons. The number of benzene rings is 2. The third kappa shape index (κ3) is 3.08. The predicted octanol–water partition coefficient (Wildman–Crippen LogP) is 6.43. The van der Waals surface area contributed by atoms with Crippen molar-refractivity contribution in [3.63, 3.8) is 0 Å². The highest BCUT2D eigenvalue weighted by molar-refractivity contribution is 5.85. The molecule has 0 bridgehead atoms. The van der Waals surface area contributed by atoms with Gasteiger partial charge in [-0.3, -0.25) is 0 Å². The second-order valence-corrected chi connectivity index (χ2v) is 8.14. The van der Waals surface area contributed by atoms with E-state index in [4.69, 9.17) is 4.98 Å². The van der Waals surface area contributed by atoms with Crippen LogP contribution in [0.3, 0.4) is 0 Å². The highest BCUT2D eigenvalue weighted by atomic mass is 14.7. The van der Waals surface area contributed by atoms with E-state index < -0.39 is 0 Å². The van der Waals surface area contributed by atoms with Crippen LogP contribution in [0.2, 0.25) is 0 Å². The lowest BCUT2D eigenvalue weighted by Gasteiger charge is -2.24. The summed E-state index contributed by atoms with van der Waals surface area (Å²) in [4.78, 5) is 5.10. The van der Waals surface area contributed by atoms with E-state index in [1.165, 1.54) is 38.8 Å². The standard InChI is InChI=1S/C23H27N/c1-14-8-15(2)10-19(9-14)22-20(23(5,6)7)13-18-11-16(3)17(4)12-21(18)24-22/h8-13H,1-7H3. The molecule has 0 fully saturated rings. The molecule has 2 aromatic carbocycles. The van der Waals surface area contributed by atoms with Crippen molar-refractivity contribution in [3.05, 3.63) is 64.2 Å². The van der Waals surface area contributed by atoms with Gasteiger partial charge in [0.15, 0.2) is 0 Å². The van der Waals surface area contributed by atoms with Crippen molar-refractivity contribution in [1.82, 2.24) is 4.98 Å². The Kier molecular flexibility index (Phi) is 3.99. The molecule has 1 nitrogen and oxygen atoms in total. The molecule has 124 valence electrons.